The molecule has 1 aliphatic carbocycles. The van der Waals surface area contributed by atoms with E-state index in [-0.39, 0.29) is 64.1 Å². The summed E-state index contributed by atoms with van der Waals surface area (Å²) >= 11 is 0. The Morgan fingerprint density at radius 1 is 0.785 bits per heavy atom. The Morgan fingerprint density at radius 2 is 1.49 bits per heavy atom. The van der Waals surface area contributed by atoms with Crippen molar-refractivity contribution in [1.82, 2.24) is 47.1 Å². The van der Waals surface area contributed by atoms with Gasteiger partial charge in [0.15, 0.2) is 0 Å². The SMILES string of the molecule is CC(=O)N[C@@H](Cc1ccccc1)C(=O)NC1CCCNC(=O)[C@H](CCCNC(N)=O)NC(=O)[C@H](Cc2c[nH]c3ccccc23)NC(=O)[C@@H](CC2CCCCC2)NC(=O)[C@@H]2CCCN2C1=O. The number of aromatic amines is 1. The highest BCUT2D eigenvalue weighted by Gasteiger charge is 2.40. The van der Waals surface area contributed by atoms with E-state index in [4.69, 9.17) is 5.73 Å². The Labute approximate surface area is 379 Å². The third-order valence-electron chi connectivity index (χ3n) is 12.7. The van der Waals surface area contributed by atoms with Gasteiger partial charge in [0.05, 0.1) is 0 Å². The lowest BCUT2D eigenvalue weighted by Crippen LogP contribution is -2.60. The van der Waals surface area contributed by atoms with Crippen LogP contribution in [0.15, 0.2) is 60.8 Å². The van der Waals surface area contributed by atoms with E-state index in [1.807, 2.05) is 54.6 Å². The number of primary amides is 1. The van der Waals surface area contributed by atoms with Gasteiger partial charge < -0.3 is 52.8 Å². The van der Waals surface area contributed by atoms with E-state index in [2.05, 4.69) is 42.2 Å². The zero-order valence-electron chi connectivity index (χ0n) is 37.1. The molecule has 0 radical (unpaired) electrons. The molecular formula is C47H64N10O8. The summed E-state index contributed by atoms with van der Waals surface area (Å²) in [5.41, 5.74) is 7.66. The molecule has 65 heavy (non-hydrogen) atoms. The number of benzene rings is 2. The van der Waals surface area contributed by atoms with Crippen LogP contribution in [0, 0.1) is 5.92 Å². The molecule has 3 fully saturated rings. The van der Waals surface area contributed by atoms with Gasteiger partial charge in [0.1, 0.15) is 36.3 Å². The van der Waals surface area contributed by atoms with Gasteiger partial charge in [0.2, 0.25) is 41.4 Å². The zero-order valence-corrected chi connectivity index (χ0v) is 37.1. The first-order valence-electron chi connectivity index (χ1n) is 23.0. The lowest BCUT2D eigenvalue weighted by molar-refractivity contribution is -0.142. The summed E-state index contributed by atoms with van der Waals surface area (Å²) in [6.07, 6.45) is 8.61. The van der Waals surface area contributed by atoms with Crippen LogP contribution in [-0.2, 0) is 46.4 Å². The number of nitrogens with zero attached hydrogens (tertiary/aromatic N) is 1. The second kappa shape index (κ2) is 23.5. The van der Waals surface area contributed by atoms with Crippen LogP contribution in [0.5, 0.6) is 0 Å². The molecule has 18 nitrogen and oxygen atoms in total. The van der Waals surface area contributed by atoms with Crippen LogP contribution in [0.2, 0.25) is 0 Å². The van der Waals surface area contributed by atoms with Crippen molar-refractivity contribution < 1.29 is 38.4 Å². The monoisotopic (exact) mass is 896 g/mol. The maximum absolute atomic E-state index is 14.6. The summed E-state index contributed by atoms with van der Waals surface area (Å²) in [4.78, 5) is 114. The number of H-pyrrole nitrogens is 1. The summed E-state index contributed by atoms with van der Waals surface area (Å²) in [5, 5.41) is 20.6. The minimum atomic E-state index is -1.16. The van der Waals surface area contributed by atoms with Gasteiger partial charge in [-0.05, 0) is 68.1 Å². The van der Waals surface area contributed by atoms with Gasteiger partial charge in [0.25, 0.3) is 0 Å². The highest BCUT2D eigenvalue weighted by atomic mass is 16.2. The molecule has 0 spiro atoms. The zero-order chi connectivity index (χ0) is 46.3. The standard InChI is InChI=1S/C47H64N10O8/c1-29(58)52-37(25-30-13-4-2-5-14-30)42(60)54-36-20-11-22-49-41(59)35(19-10-23-50-47(48)65)53-44(62)39(27-32-28-51-34-18-9-8-17-33(32)34)55-43(61)38(26-31-15-6-3-7-16-31)56-45(63)40-21-12-24-57(40)46(36)64/h2,4-5,8-9,13-14,17-18,28,31,35-40,51H,3,6-7,10-12,15-16,19-27H2,1H3,(H,49,59)(H,52,58)(H,53,62)(H,54,60)(H,55,61)(H,56,63)(H3,48,50,65)/t35-,36?,37-,38+,39-,40-/m0/s1. The van der Waals surface area contributed by atoms with Crippen LogP contribution in [0.1, 0.15) is 95.1 Å². The Morgan fingerprint density at radius 3 is 2.25 bits per heavy atom. The number of carbonyl (C=O) groups excluding carboxylic acids is 8. The predicted octanol–water partition coefficient (Wildman–Crippen LogP) is 1.72. The molecule has 1 saturated carbocycles. The van der Waals surface area contributed by atoms with Gasteiger partial charge in [-0.1, -0.05) is 80.6 Å². The van der Waals surface area contributed by atoms with E-state index >= 15 is 0 Å². The van der Waals surface area contributed by atoms with Gasteiger partial charge in [-0.3, -0.25) is 33.6 Å². The number of rotatable bonds is 13. The van der Waals surface area contributed by atoms with Crippen LogP contribution in [-0.4, -0.2) is 113 Å². The van der Waals surface area contributed by atoms with Crippen LogP contribution in [0.4, 0.5) is 4.79 Å². The number of amides is 9. The lowest BCUT2D eigenvalue weighted by Gasteiger charge is -2.32. The van der Waals surface area contributed by atoms with Crippen molar-refractivity contribution in [3.05, 3.63) is 71.9 Å². The average molecular weight is 897 g/mol. The number of aromatic nitrogens is 1. The predicted molar refractivity (Wildman–Crippen MR) is 242 cm³/mol. The summed E-state index contributed by atoms with van der Waals surface area (Å²) in [6, 6.07) is 9.56. The number of carbonyl (C=O) groups is 8. The molecular weight excluding hydrogens is 833 g/mol. The molecule has 1 aromatic heterocycles. The molecule has 6 rings (SSSR count). The Bertz CT molecular complexity index is 2160. The molecule has 18 heteroatoms. The number of hydrogen-bond acceptors (Lipinski definition) is 8. The normalized spacial score (nSPS) is 23.4. The highest BCUT2D eigenvalue weighted by molar-refractivity contribution is 5.98. The fourth-order valence-corrected chi connectivity index (χ4v) is 9.29. The van der Waals surface area contributed by atoms with Crippen molar-refractivity contribution in [2.24, 2.45) is 11.7 Å². The lowest BCUT2D eigenvalue weighted by atomic mass is 9.84. The summed E-state index contributed by atoms with van der Waals surface area (Å²) < 4.78 is 0. The largest absolute Gasteiger partial charge is 0.361 e. The quantitative estimate of drug-likeness (QED) is 0.114. The molecule has 1 unspecified atom stereocenters. The second-order valence-electron chi connectivity index (χ2n) is 17.5. The first-order chi connectivity index (χ1) is 31.4. The minimum absolute atomic E-state index is 0.0474. The Hall–Kier alpha value is -6.46. The van der Waals surface area contributed by atoms with Crippen molar-refractivity contribution >= 4 is 58.3 Å². The second-order valence-corrected chi connectivity index (χ2v) is 17.5. The fraction of sp³-hybridized carbons (Fsp3) is 0.532. The summed E-state index contributed by atoms with van der Waals surface area (Å²) in [5.74, 6) is -3.61. The molecule has 2 aromatic carbocycles. The molecule has 3 aliphatic rings. The van der Waals surface area contributed by atoms with Gasteiger partial charge in [-0.25, -0.2) is 4.79 Å². The molecule has 2 saturated heterocycles. The van der Waals surface area contributed by atoms with E-state index in [1.54, 1.807) is 6.20 Å². The third kappa shape index (κ3) is 13.8. The number of urea groups is 1. The van der Waals surface area contributed by atoms with Crippen molar-refractivity contribution in [2.45, 2.75) is 133 Å². The maximum atomic E-state index is 14.6. The van der Waals surface area contributed by atoms with Crippen molar-refractivity contribution in [2.75, 3.05) is 19.6 Å². The average Bonchev–Trinajstić information content (AvgIpc) is 3.95. The number of fused-ring (bicyclic) bond motifs is 2. The number of para-hydroxylation sites is 1. The number of nitrogens with two attached hydrogens (primary N) is 1. The topological polar surface area (TPSA) is 266 Å². The van der Waals surface area contributed by atoms with Crippen molar-refractivity contribution in [1.29, 1.82) is 0 Å². The highest BCUT2D eigenvalue weighted by Crippen LogP contribution is 2.28. The smallest absolute Gasteiger partial charge is 0.312 e. The number of nitrogens with one attached hydrogen (secondary N) is 8. The molecule has 350 valence electrons. The molecule has 3 aromatic rings. The van der Waals surface area contributed by atoms with Gasteiger partial charge >= 0.3 is 6.03 Å². The van der Waals surface area contributed by atoms with Gasteiger partial charge in [0, 0.05) is 56.5 Å². The van der Waals surface area contributed by atoms with E-state index < -0.39 is 83.6 Å². The van der Waals surface area contributed by atoms with Crippen molar-refractivity contribution in [3.8, 4) is 0 Å². The fourth-order valence-electron chi connectivity index (χ4n) is 9.29. The van der Waals surface area contributed by atoms with E-state index in [0.29, 0.717) is 19.3 Å². The van der Waals surface area contributed by atoms with Gasteiger partial charge in [-0.2, -0.15) is 0 Å². The van der Waals surface area contributed by atoms with E-state index in [9.17, 15) is 38.4 Å². The molecule has 6 atom stereocenters. The maximum Gasteiger partial charge on any atom is 0.312 e. The first-order valence-corrected chi connectivity index (χ1v) is 23.0. The van der Waals surface area contributed by atoms with Crippen LogP contribution >= 0.6 is 0 Å². The summed E-state index contributed by atoms with van der Waals surface area (Å²) in [6.45, 7) is 1.72. The van der Waals surface area contributed by atoms with Crippen molar-refractivity contribution in [3.63, 3.8) is 0 Å². The van der Waals surface area contributed by atoms with E-state index in [1.165, 1.54) is 11.8 Å². The van der Waals surface area contributed by atoms with E-state index in [0.717, 1.165) is 54.1 Å². The summed E-state index contributed by atoms with van der Waals surface area (Å²) in [7, 11) is 0. The molecule has 3 heterocycles. The molecule has 9 amide bonds. The van der Waals surface area contributed by atoms with Gasteiger partial charge in [-0.15, -0.1) is 0 Å². The first kappa shape index (κ1) is 48.0. The number of hydrogen-bond donors (Lipinski definition) is 9. The third-order valence-corrected chi connectivity index (χ3v) is 12.7. The Kier molecular flexibility index (Phi) is 17.3. The van der Waals surface area contributed by atoms with Crippen LogP contribution in [0.3, 0.4) is 0 Å². The van der Waals surface area contributed by atoms with Crippen LogP contribution < -0.4 is 43.0 Å². The Balaban J connectivity index is 1.31. The molecule has 10 N–H and O–H groups in total. The minimum Gasteiger partial charge on any atom is -0.361 e. The van der Waals surface area contributed by atoms with Crippen LogP contribution in [0.25, 0.3) is 10.9 Å². The molecule has 0 bridgehead atoms. The molecule has 2 aliphatic heterocycles.